The Morgan fingerprint density at radius 2 is 1.81 bits per heavy atom. The van der Waals surface area contributed by atoms with Crippen LogP contribution < -0.4 is 0 Å². The molecule has 0 amide bonds. The molecule has 0 aromatic heterocycles. The van der Waals surface area contributed by atoms with Gasteiger partial charge in [0.2, 0.25) is 0 Å². The van der Waals surface area contributed by atoms with Gasteiger partial charge in [-0.2, -0.15) is 8.42 Å². The summed E-state index contributed by atoms with van der Waals surface area (Å²) in [5.41, 5.74) is 0. The standard InChI is InChI=1S/C8H10O7S/c9-7(10)4-1-5(8(11)12)3-6(2-4)16(13,14)15/h2,4-5H,1,3H2,(H,9,10)(H,11,12)(H,13,14,15). The average molecular weight is 250 g/mol. The van der Waals surface area contributed by atoms with Gasteiger partial charge in [-0.15, -0.1) is 0 Å². The van der Waals surface area contributed by atoms with E-state index in [9.17, 15) is 18.0 Å². The fourth-order valence-electron chi connectivity index (χ4n) is 1.54. The second-order valence-electron chi connectivity index (χ2n) is 3.53. The van der Waals surface area contributed by atoms with E-state index in [-0.39, 0.29) is 12.8 Å². The van der Waals surface area contributed by atoms with Crippen LogP contribution in [0.25, 0.3) is 0 Å². The SMILES string of the molecule is O=C(O)C1C=C(S(=O)(=O)O)CC(C(=O)O)C1. The molecule has 7 nitrogen and oxygen atoms in total. The highest BCUT2D eigenvalue weighted by molar-refractivity contribution is 7.89. The third-order valence-electron chi connectivity index (χ3n) is 2.37. The van der Waals surface area contributed by atoms with Crippen LogP contribution in [0, 0.1) is 11.8 Å². The lowest BCUT2D eigenvalue weighted by atomic mass is 9.86. The van der Waals surface area contributed by atoms with E-state index in [1.807, 2.05) is 0 Å². The molecule has 0 bridgehead atoms. The van der Waals surface area contributed by atoms with Crippen molar-refractivity contribution in [1.82, 2.24) is 0 Å². The molecular formula is C8H10O7S. The van der Waals surface area contributed by atoms with Gasteiger partial charge in [0, 0.05) is 0 Å². The largest absolute Gasteiger partial charge is 0.481 e. The maximum atomic E-state index is 10.8. The Balaban J connectivity index is 3.09. The van der Waals surface area contributed by atoms with Crippen molar-refractivity contribution in [2.75, 3.05) is 0 Å². The van der Waals surface area contributed by atoms with Gasteiger partial charge in [-0.25, -0.2) is 0 Å². The molecular weight excluding hydrogens is 240 g/mol. The van der Waals surface area contributed by atoms with E-state index in [0.29, 0.717) is 0 Å². The topological polar surface area (TPSA) is 129 Å². The number of carbonyl (C=O) groups is 2. The van der Waals surface area contributed by atoms with E-state index in [1.165, 1.54) is 0 Å². The monoisotopic (exact) mass is 250 g/mol. The highest BCUT2D eigenvalue weighted by atomic mass is 32.2. The minimum Gasteiger partial charge on any atom is -0.481 e. The van der Waals surface area contributed by atoms with Gasteiger partial charge in [-0.1, -0.05) is 6.08 Å². The highest BCUT2D eigenvalue weighted by Gasteiger charge is 2.34. The van der Waals surface area contributed by atoms with Crippen molar-refractivity contribution >= 4 is 22.1 Å². The van der Waals surface area contributed by atoms with Gasteiger partial charge in [0.15, 0.2) is 0 Å². The molecule has 0 fully saturated rings. The summed E-state index contributed by atoms with van der Waals surface area (Å²) in [4.78, 5) is 20.8. The van der Waals surface area contributed by atoms with E-state index < -0.39 is 38.8 Å². The molecule has 8 heteroatoms. The van der Waals surface area contributed by atoms with Gasteiger partial charge < -0.3 is 10.2 Å². The number of carboxylic acid groups (broad SMARTS) is 2. The van der Waals surface area contributed by atoms with Gasteiger partial charge in [0.25, 0.3) is 10.1 Å². The van der Waals surface area contributed by atoms with E-state index in [1.54, 1.807) is 0 Å². The molecule has 3 N–H and O–H groups in total. The molecule has 0 aromatic rings. The van der Waals surface area contributed by atoms with Gasteiger partial charge in [0.05, 0.1) is 16.7 Å². The molecule has 0 radical (unpaired) electrons. The summed E-state index contributed by atoms with van der Waals surface area (Å²) >= 11 is 0. The number of allylic oxidation sites excluding steroid dienone is 1. The first-order chi connectivity index (χ1) is 7.21. The maximum Gasteiger partial charge on any atom is 0.310 e. The van der Waals surface area contributed by atoms with Gasteiger partial charge in [0.1, 0.15) is 0 Å². The first-order valence-electron chi connectivity index (χ1n) is 4.35. The van der Waals surface area contributed by atoms with E-state index in [2.05, 4.69) is 0 Å². The quantitative estimate of drug-likeness (QED) is 0.599. The first kappa shape index (κ1) is 12.7. The maximum absolute atomic E-state index is 10.8. The zero-order chi connectivity index (χ0) is 12.5. The lowest BCUT2D eigenvalue weighted by Gasteiger charge is -2.21. The molecule has 2 unspecified atom stereocenters. The van der Waals surface area contributed by atoms with Gasteiger partial charge >= 0.3 is 11.9 Å². The summed E-state index contributed by atoms with van der Waals surface area (Å²) in [6.07, 6.45) is 0.332. The molecule has 16 heavy (non-hydrogen) atoms. The molecule has 0 aromatic carbocycles. The summed E-state index contributed by atoms with van der Waals surface area (Å²) in [6.45, 7) is 0. The van der Waals surface area contributed by atoms with E-state index in [0.717, 1.165) is 6.08 Å². The number of rotatable bonds is 3. The van der Waals surface area contributed by atoms with Crippen molar-refractivity contribution in [3.05, 3.63) is 11.0 Å². The van der Waals surface area contributed by atoms with Crippen LogP contribution in [0.15, 0.2) is 11.0 Å². The molecule has 90 valence electrons. The number of hydrogen-bond acceptors (Lipinski definition) is 4. The Hall–Kier alpha value is -1.41. The summed E-state index contributed by atoms with van der Waals surface area (Å²) in [5.74, 6) is -4.90. The molecule has 0 heterocycles. The Morgan fingerprint density at radius 3 is 2.19 bits per heavy atom. The van der Waals surface area contributed by atoms with E-state index >= 15 is 0 Å². The molecule has 0 saturated carbocycles. The van der Waals surface area contributed by atoms with Crippen molar-refractivity contribution in [1.29, 1.82) is 0 Å². The summed E-state index contributed by atoms with van der Waals surface area (Å²) in [5, 5.41) is 17.4. The molecule has 0 aliphatic heterocycles. The summed E-state index contributed by atoms with van der Waals surface area (Å²) in [6, 6.07) is 0. The highest BCUT2D eigenvalue weighted by Crippen LogP contribution is 2.31. The minimum absolute atomic E-state index is 0.177. The van der Waals surface area contributed by atoms with Crippen LogP contribution >= 0.6 is 0 Å². The molecule has 1 aliphatic rings. The third-order valence-corrected chi connectivity index (χ3v) is 3.34. The van der Waals surface area contributed by atoms with Crippen LogP contribution in [0.3, 0.4) is 0 Å². The summed E-state index contributed by atoms with van der Waals surface area (Å²) < 4.78 is 30.4. The number of aliphatic carboxylic acids is 2. The molecule has 1 aliphatic carbocycles. The van der Waals surface area contributed by atoms with Crippen LogP contribution in [0.4, 0.5) is 0 Å². The Bertz CT molecular complexity index is 447. The minimum atomic E-state index is -4.52. The summed E-state index contributed by atoms with van der Waals surface area (Å²) in [7, 11) is -4.52. The van der Waals surface area contributed by atoms with Crippen molar-refractivity contribution < 1.29 is 32.8 Å². The first-order valence-corrected chi connectivity index (χ1v) is 5.79. The van der Waals surface area contributed by atoms with Gasteiger partial charge in [-0.05, 0) is 12.8 Å². The number of hydrogen-bond donors (Lipinski definition) is 3. The molecule has 0 spiro atoms. The normalized spacial score (nSPS) is 25.9. The molecule has 0 saturated heterocycles. The van der Waals surface area contributed by atoms with Crippen LogP contribution in [0.5, 0.6) is 0 Å². The van der Waals surface area contributed by atoms with Crippen molar-refractivity contribution in [3.63, 3.8) is 0 Å². The lowest BCUT2D eigenvalue weighted by Crippen LogP contribution is -2.28. The van der Waals surface area contributed by atoms with Crippen molar-refractivity contribution in [2.45, 2.75) is 12.8 Å². The number of carboxylic acids is 2. The second-order valence-corrected chi connectivity index (χ2v) is 5.00. The molecule has 2 atom stereocenters. The van der Waals surface area contributed by atoms with Crippen LogP contribution in [0.1, 0.15) is 12.8 Å². The lowest BCUT2D eigenvalue weighted by molar-refractivity contribution is -0.144. The fraction of sp³-hybridized carbons (Fsp3) is 0.500. The predicted octanol–water partition coefficient (Wildman–Crippen LogP) is -0.0465. The average Bonchev–Trinajstić information content (AvgIpc) is 2.15. The Labute approximate surface area is 91.1 Å². The Kier molecular flexibility index (Phi) is 3.34. The third kappa shape index (κ3) is 2.80. The van der Waals surface area contributed by atoms with E-state index in [4.69, 9.17) is 14.8 Å². The second kappa shape index (κ2) is 4.22. The van der Waals surface area contributed by atoms with Gasteiger partial charge in [-0.3, -0.25) is 14.1 Å². The molecule has 1 rings (SSSR count). The van der Waals surface area contributed by atoms with Crippen LogP contribution in [-0.4, -0.2) is 35.1 Å². The predicted molar refractivity (Wildman–Crippen MR) is 51.1 cm³/mol. The van der Waals surface area contributed by atoms with Crippen LogP contribution in [0.2, 0.25) is 0 Å². The zero-order valence-corrected chi connectivity index (χ0v) is 8.85. The van der Waals surface area contributed by atoms with Crippen molar-refractivity contribution in [2.24, 2.45) is 11.8 Å². The Morgan fingerprint density at radius 1 is 1.25 bits per heavy atom. The zero-order valence-electron chi connectivity index (χ0n) is 8.03. The fourth-order valence-corrected chi connectivity index (χ4v) is 2.29. The van der Waals surface area contributed by atoms with Crippen LogP contribution in [-0.2, 0) is 19.7 Å². The van der Waals surface area contributed by atoms with Crippen molar-refractivity contribution in [3.8, 4) is 0 Å². The smallest absolute Gasteiger partial charge is 0.310 e.